The smallest absolute Gasteiger partial charge is 0.314 e. The van der Waals surface area contributed by atoms with Crippen molar-refractivity contribution in [2.24, 2.45) is 5.92 Å². The van der Waals surface area contributed by atoms with Crippen LogP contribution in [0.15, 0.2) is 30.3 Å². The molecule has 1 unspecified atom stereocenters. The standard InChI is InChI=1S/C17H26N2O2/c1-13(2)16(3,21)11-18-15(20)19-12-17(9-10-17)14-7-5-4-6-8-14/h4-8,13,21H,9-12H2,1-3H3,(H2,18,19,20). The summed E-state index contributed by atoms with van der Waals surface area (Å²) in [6.07, 6.45) is 2.22. The molecular formula is C17H26N2O2. The topological polar surface area (TPSA) is 61.4 Å². The molecule has 21 heavy (non-hydrogen) atoms. The second-order valence-corrected chi connectivity index (χ2v) is 6.69. The van der Waals surface area contributed by atoms with Crippen LogP contribution in [0.1, 0.15) is 39.2 Å². The fourth-order valence-electron chi connectivity index (χ4n) is 2.29. The molecule has 0 bridgehead atoms. The quantitative estimate of drug-likeness (QED) is 0.753. The maximum Gasteiger partial charge on any atom is 0.314 e. The predicted octanol–water partition coefficient (Wildman–Crippen LogP) is 2.42. The highest BCUT2D eigenvalue weighted by atomic mass is 16.3. The second kappa shape index (κ2) is 6.06. The van der Waals surface area contributed by atoms with Gasteiger partial charge in [-0.05, 0) is 31.2 Å². The van der Waals surface area contributed by atoms with Crippen LogP contribution < -0.4 is 10.6 Å². The van der Waals surface area contributed by atoms with Crippen LogP contribution in [0.25, 0.3) is 0 Å². The molecule has 0 spiro atoms. The van der Waals surface area contributed by atoms with Crippen molar-refractivity contribution in [2.75, 3.05) is 13.1 Å². The molecule has 1 aromatic rings. The number of aliphatic hydroxyl groups is 1. The van der Waals surface area contributed by atoms with E-state index in [4.69, 9.17) is 0 Å². The molecule has 2 rings (SSSR count). The molecule has 1 atom stereocenters. The molecule has 0 aliphatic heterocycles. The van der Waals surface area contributed by atoms with Gasteiger partial charge in [-0.25, -0.2) is 4.79 Å². The maximum absolute atomic E-state index is 11.9. The third-order valence-corrected chi connectivity index (χ3v) is 4.68. The van der Waals surface area contributed by atoms with Gasteiger partial charge < -0.3 is 15.7 Å². The summed E-state index contributed by atoms with van der Waals surface area (Å²) in [7, 11) is 0. The van der Waals surface area contributed by atoms with E-state index in [1.54, 1.807) is 6.92 Å². The highest BCUT2D eigenvalue weighted by molar-refractivity contribution is 5.74. The highest BCUT2D eigenvalue weighted by Gasteiger charge is 2.44. The summed E-state index contributed by atoms with van der Waals surface area (Å²) >= 11 is 0. The molecule has 0 heterocycles. The first-order valence-corrected chi connectivity index (χ1v) is 7.65. The minimum Gasteiger partial charge on any atom is -0.388 e. The Morgan fingerprint density at radius 3 is 2.43 bits per heavy atom. The van der Waals surface area contributed by atoms with Crippen LogP contribution in [-0.2, 0) is 5.41 Å². The van der Waals surface area contributed by atoms with Crippen molar-refractivity contribution < 1.29 is 9.90 Å². The molecule has 4 nitrogen and oxygen atoms in total. The summed E-state index contributed by atoms with van der Waals surface area (Å²) in [6.45, 7) is 6.52. The lowest BCUT2D eigenvalue weighted by atomic mass is 9.93. The number of rotatable bonds is 6. The third-order valence-electron chi connectivity index (χ3n) is 4.68. The molecule has 2 amide bonds. The van der Waals surface area contributed by atoms with Crippen LogP contribution in [0.5, 0.6) is 0 Å². The normalized spacial score (nSPS) is 18.9. The summed E-state index contributed by atoms with van der Waals surface area (Å²) in [5.74, 6) is 0.0943. The van der Waals surface area contributed by atoms with Crippen LogP contribution in [0, 0.1) is 5.92 Å². The molecule has 0 radical (unpaired) electrons. The Bertz CT molecular complexity index is 479. The maximum atomic E-state index is 11.9. The Balaban J connectivity index is 1.80. The van der Waals surface area contributed by atoms with Gasteiger partial charge >= 0.3 is 6.03 Å². The third kappa shape index (κ3) is 3.97. The van der Waals surface area contributed by atoms with Crippen LogP contribution in [0.4, 0.5) is 4.79 Å². The van der Waals surface area contributed by atoms with Crippen molar-refractivity contribution >= 4 is 6.03 Å². The zero-order valence-corrected chi connectivity index (χ0v) is 13.1. The van der Waals surface area contributed by atoms with Gasteiger partial charge in [0.05, 0.1) is 5.60 Å². The molecule has 1 fully saturated rings. The Morgan fingerprint density at radius 1 is 1.29 bits per heavy atom. The van der Waals surface area contributed by atoms with E-state index >= 15 is 0 Å². The number of hydrogen-bond donors (Lipinski definition) is 3. The van der Waals surface area contributed by atoms with Gasteiger partial charge in [-0.2, -0.15) is 0 Å². The van der Waals surface area contributed by atoms with Gasteiger partial charge in [0.15, 0.2) is 0 Å². The van der Waals surface area contributed by atoms with E-state index in [1.165, 1.54) is 5.56 Å². The van der Waals surface area contributed by atoms with Crippen LogP contribution >= 0.6 is 0 Å². The molecule has 1 aliphatic rings. The first kappa shape index (κ1) is 15.8. The van der Waals surface area contributed by atoms with E-state index in [9.17, 15) is 9.90 Å². The Kier molecular flexibility index (Phi) is 4.57. The van der Waals surface area contributed by atoms with Crippen molar-refractivity contribution in [1.29, 1.82) is 0 Å². The Morgan fingerprint density at radius 2 is 1.90 bits per heavy atom. The average Bonchev–Trinajstić information content (AvgIpc) is 3.25. The van der Waals surface area contributed by atoms with Gasteiger partial charge in [-0.15, -0.1) is 0 Å². The van der Waals surface area contributed by atoms with Crippen LogP contribution in [0.2, 0.25) is 0 Å². The number of amides is 2. The minimum absolute atomic E-state index is 0.0943. The lowest BCUT2D eigenvalue weighted by Gasteiger charge is -2.28. The predicted molar refractivity (Wildman–Crippen MR) is 84.2 cm³/mol. The van der Waals surface area contributed by atoms with Gasteiger partial charge in [0.25, 0.3) is 0 Å². The van der Waals surface area contributed by atoms with E-state index in [-0.39, 0.29) is 23.9 Å². The zero-order valence-electron chi connectivity index (χ0n) is 13.1. The summed E-state index contributed by atoms with van der Waals surface area (Å²) in [5.41, 5.74) is 0.521. The lowest BCUT2D eigenvalue weighted by molar-refractivity contribution is 0.0166. The van der Waals surface area contributed by atoms with E-state index in [1.807, 2.05) is 32.0 Å². The fourth-order valence-corrected chi connectivity index (χ4v) is 2.29. The number of nitrogens with one attached hydrogen (secondary N) is 2. The van der Waals surface area contributed by atoms with E-state index in [0.29, 0.717) is 6.54 Å². The monoisotopic (exact) mass is 290 g/mol. The van der Waals surface area contributed by atoms with Crippen LogP contribution in [0.3, 0.4) is 0 Å². The minimum atomic E-state index is -0.881. The van der Waals surface area contributed by atoms with E-state index < -0.39 is 5.60 Å². The summed E-state index contributed by atoms with van der Waals surface area (Å²) in [6, 6.07) is 10.1. The summed E-state index contributed by atoms with van der Waals surface area (Å²) < 4.78 is 0. The van der Waals surface area contributed by atoms with Crippen LogP contribution in [-0.4, -0.2) is 29.8 Å². The van der Waals surface area contributed by atoms with Gasteiger partial charge in [0.1, 0.15) is 0 Å². The molecular weight excluding hydrogens is 264 g/mol. The molecule has 1 saturated carbocycles. The Hall–Kier alpha value is -1.55. The summed E-state index contributed by atoms with van der Waals surface area (Å²) in [5, 5.41) is 15.8. The van der Waals surface area contributed by atoms with E-state index in [2.05, 4.69) is 22.8 Å². The molecule has 0 saturated heterocycles. The number of benzene rings is 1. The van der Waals surface area contributed by atoms with Gasteiger partial charge in [0, 0.05) is 18.5 Å². The molecule has 116 valence electrons. The molecule has 3 N–H and O–H groups in total. The molecule has 1 aliphatic carbocycles. The highest BCUT2D eigenvalue weighted by Crippen LogP contribution is 2.47. The molecule has 4 heteroatoms. The van der Waals surface area contributed by atoms with Gasteiger partial charge in [-0.3, -0.25) is 0 Å². The number of carbonyl (C=O) groups excluding carboxylic acids is 1. The van der Waals surface area contributed by atoms with E-state index in [0.717, 1.165) is 12.8 Å². The lowest BCUT2D eigenvalue weighted by Crippen LogP contribution is -2.48. The van der Waals surface area contributed by atoms with Gasteiger partial charge in [-0.1, -0.05) is 44.2 Å². The van der Waals surface area contributed by atoms with Crippen molar-refractivity contribution in [3.05, 3.63) is 35.9 Å². The fraction of sp³-hybridized carbons (Fsp3) is 0.588. The SMILES string of the molecule is CC(C)C(C)(O)CNC(=O)NCC1(c2ccccc2)CC1. The van der Waals surface area contributed by atoms with Crippen molar-refractivity contribution in [2.45, 2.75) is 44.6 Å². The first-order chi connectivity index (χ1) is 9.86. The van der Waals surface area contributed by atoms with Gasteiger partial charge in [0.2, 0.25) is 0 Å². The average molecular weight is 290 g/mol. The Labute approximate surface area is 126 Å². The molecule has 0 aromatic heterocycles. The van der Waals surface area contributed by atoms with Crippen molar-refractivity contribution in [3.8, 4) is 0 Å². The summed E-state index contributed by atoms with van der Waals surface area (Å²) in [4.78, 5) is 11.9. The number of hydrogen-bond acceptors (Lipinski definition) is 2. The first-order valence-electron chi connectivity index (χ1n) is 7.65. The van der Waals surface area contributed by atoms with Crippen molar-refractivity contribution in [1.82, 2.24) is 10.6 Å². The number of carbonyl (C=O) groups is 1. The molecule has 1 aromatic carbocycles. The number of urea groups is 1. The second-order valence-electron chi connectivity index (χ2n) is 6.69. The van der Waals surface area contributed by atoms with Crippen molar-refractivity contribution in [3.63, 3.8) is 0 Å². The largest absolute Gasteiger partial charge is 0.388 e. The zero-order chi connectivity index (χ0) is 15.5.